The molecule has 4 rings (SSSR count). The fraction of sp³-hybridized carbons (Fsp3) is 0.280. The SMILES string of the molecule is CCOC(=O)[C@@]12CC=C[C@H](C)[C@]1(C(=O)c1ccccc1)C(=O)C(=O)N2c1ccccc1. The molecule has 3 atom stereocenters. The van der Waals surface area contributed by atoms with E-state index in [1.807, 2.05) is 0 Å². The number of ether oxygens (including phenoxy) is 1. The number of anilines is 1. The van der Waals surface area contributed by atoms with E-state index in [4.69, 9.17) is 4.74 Å². The van der Waals surface area contributed by atoms with Crippen molar-refractivity contribution in [3.8, 4) is 0 Å². The molecule has 1 saturated heterocycles. The third kappa shape index (κ3) is 2.64. The van der Waals surface area contributed by atoms with Crippen LogP contribution < -0.4 is 4.90 Å². The number of ketones is 2. The van der Waals surface area contributed by atoms with Gasteiger partial charge in [0, 0.05) is 17.7 Å². The van der Waals surface area contributed by atoms with E-state index in [0.29, 0.717) is 5.69 Å². The van der Waals surface area contributed by atoms with Gasteiger partial charge >= 0.3 is 5.97 Å². The molecule has 0 saturated carbocycles. The van der Waals surface area contributed by atoms with Gasteiger partial charge < -0.3 is 4.74 Å². The first-order chi connectivity index (χ1) is 14.9. The lowest BCUT2D eigenvalue weighted by Gasteiger charge is -2.48. The molecule has 6 nitrogen and oxygen atoms in total. The summed E-state index contributed by atoms with van der Waals surface area (Å²) in [5.41, 5.74) is -3.09. The lowest BCUT2D eigenvalue weighted by molar-refractivity contribution is -0.156. The van der Waals surface area contributed by atoms with Crippen LogP contribution in [0.2, 0.25) is 0 Å². The molecule has 0 N–H and O–H groups in total. The van der Waals surface area contributed by atoms with Gasteiger partial charge in [0.1, 0.15) is 5.41 Å². The number of carbonyl (C=O) groups is 4. The Morgan fingerprint density at radius 1 is 1.03 bits per heavy atom. The molecule has 0 radical (unpaired) electrons. The molecule has 1 aliphatic heterocycles. The topological polar surface area (TPSA) is 80.8 Å². The molecular weight excluding hydrogens is 394 g/mol. The fourth-order valence-electron chi connectivity index (χ4n) is 5.05. The molecule has 1 heterocycles. The number of benzene rings is 2. The summed E-state index contributed by atoms with van der Waals surface area (Å²) in [6.45, 7) is 3.41. The van der Waals surface area contributed by atoms with Crippen molar-refractivity contribution >= 4 is 29.1 Å². The maximum atomic E-state index is 14.0. The zero-order chi connectivity index (χ0) is 22.2. The van der Waals surface area contributed by atoms with Gasteiger partial charge in [-0.2, -0.15) is 0 Å². The Balaban J connectivity index is 2.07. The molecule has 1 amide bonds. The average molecular weight is 417 g/mol. The van der Waals surface area contributed by atoms with Gasteiger partial charge in [-0.1, -0.05) is 67.6 Å². The number of para-hydroxylation sites is 1. The molecule has 0 unspecified atom stereocenters. The Kier molecular flexibility index (Phi) is 5.09. The van der Waals surface area contributed by atoms with Crippen LogP contribution in [0.25, 0.3) is 0 Å². The van der Waals surface area contributed by atoms with Gasteiger partial charge in [0.15, 0.2) is 11.3 Å². The predicted molar refractivity (Wildman–Crippen MR) is 114 cm³/mol. The Morgan fingerprint density at radius 2 is 1.65 bits per heavy atom. The van der Waals surface area contributed by atoms with Gasteiger partial charge in [-0.25, -0.2) is 4.79 Å². The first-order valence-corrected chi connectivity index (χ1v) is 10.3. The van der Waals surface area contributed by atoms with Gasteiger partial charge in [-0.3, -0.25) is 19.3 Å². The van der Waals surface area contributed by atoms with Crippen LogP contribution in [0.3, 0.4) is 0 Å². The smallest absolute Gasteiger partial charge is 0.334 e. The summed E-state index contributed by atoms with van der Waals surface area (Å²) in [6.07, 6.45) is 3.49. The first-order valence-electron chi connectivity index (χ1n) is 10.3. The standard InChI is InChI=1S/C25H23NO5/c1-3-31-23(30)24-16-10-11-17(2)25(24,20(27)18-12-6-4-7-13-18)21(28)22(29)26(24)19-14-8-5-9-15-19/h4-15,17H,3,16H2,1-2H3/t17-,24-,25-/m0/s1. The molecule has 1 aliphatic carbocycles. The maximum absolute atomic E-state index is 14.0. The van der Waals surface area contributed by atoms with Crippen LogP contribution >= 0.6 is 0 Å². The number of hydrogen-bond donors (Lipinski definition) is 0. The highest BCUT2D eigenvalue weighted by Gasteiger charge is 2.78. The number of nitrogens with zero attached hydrogens (tertiary/aromatic N) is 1. The number of Topliss-reactive ketones (excluding diaryl/α,β-unsaturated/α-hetero) is 2. The summed E-state index contributed by atoms with van der Waals surface area (Å²) in [4.78, 5) is 56.0. The number of esters is 1. The van der Waals surface area contributed by atoms with Crippen LogP contribution in [0.4, 0.5) is 5.69 Å². The molecule has 0 bridgehead atoms. The van der Waals surface area contributed by atoms with Crippen molar-refractivity contribution in [2.75, 3.05) is 11.5 Å². The van der Waals surface area contributed by atoms with E-state index >= 15 is 0 Å². The van der Waals surface area contributed by atoms with E-state index < -0.39 is 40.3 Å². The zero-order valence-corrected chi connectivity index (χ0v) is 17.4. The van der Waals surface area contributed by atoms with E-state index in [1.165, 1.54) is 4.90 Å². The largest absolute Gasteiger partial charge is 0.464 e. The summed E-state index contributed by atoms with van der Waals surface area (Å²) in [5, 5.41) is 0. The summed E-state index contributed by atoms with van der Waals surface area (Å²) in [7, 11) is 0. The van der Waals surface area contributed by atoms with E-state index in [1.54, 1.807) is 86.7 Å². The summed E-state index contributed by atoms with van der Waals surface area (Å²) in [6, 6.07) is 16.8. The van der Waals surface area contributed by atoms with Crippen LogP contribution in [0, 0.1) is 11.3 Å². The number of fused-ring (bicyclic) bond motifs is 1. The Morgan fingerprint density at radius 3 is 2.26 bits per heavy atom. The van der Waals surface area contributed by atoms with E-state index in [0.717, 1.165) is 0 Å². The molecule has 2 aromatic carbocycles. The average Bonchev–Trinajstić information content (AvgIpc) is 3.01. The molecule has 2 aromatic rings. The van der Waals surface area contributed by atoms with E-state index in [-0.39, 0.29) is 18.6 Å². The Labute approximate surface area is 180 Å². The molecule has 158 valence electrons. The summed E-state index contributed by atoms with van der Waals surface area (Å²) in [5.74, 6) is -3.74. The van der Waals surface area contributed by atoms with E-state index in [2.05, 4.69) is 0 Å². The Hall–Kier alpha value is -3.54. The molecule has 2 aliphatic rings. The first kappa shape index (κ1) is 20.7. The minimum absolute atomic E-state index is 0.00111. The second kappa shape index (κ2) is 7.61. The minimum atomic E-state index is -1.93. The van der Waals surface area contributed by atoms with Crippen molar-refractivity contribution in [1.82, 2.24) is 0 Å². The van der Waals surface area contributed by atoms with Crippen molar-refractivity contribution in [1.29, 1.82) is 0 Å². The van der Waals surface area contributed by atoms with Crippen LogP contribution in [-0.2, 0) is 19.1 Å². The predicted octanol–water partition coefficient (Wildman–Crippen LogP) is 3.37. The molecule has 1 fully saturated rings. The van der Waals surface area contributed by atoms with Gasteiger partial charge in [-0.15, -0.1) is 0 Å². The van der Waals surface area contributed by atoms with Crippen molar-refractivity contribution in [3.63, 3.8) is 0 Å². The van der Waals surface area contributed by atoms with Crippen LogP contribution in [0.1, 0.15) is 30.6 Å². The number of allylic oxidation sites excluding steroid dienone is 1. The maximum Gasteiger partial charge on any atom is 0.334 e. The van der Waals surface area contributed by atoms with Crippen molar-refractivity contribution < 1.29 is 23.9 Å². The number of amides is 1. The van der Waals surface area contributed by atoms with Gasteiger partial charge in [0.2, 0.25) is 5.78 Å². The molecule has 31 heavy (non-hydrogen) atoms. The van der Waals surface area contributed by atoms with Gasteiger partial charge in [0.25, 0.3) is 5.91 Å². The second-order valence-corrected chi connectivity index (χ2v) is 7.81. The third-order valence-electron chi connectivity index (χ3n) is 6.33. The van der Waals surface area contributed by atoms with Crippen molar-refractivity contribution in [2.24, 2.45) is 11.3 Å². The summed E-state index contributed by atoms with van der Waals surface area (Å²) < 4.78 is 5.42. The lowest BCUT2D eigenvalue weighted by atomic mass is 9.55. The normalized spacial score (nSPS) is 27.2. The van der Waals surface area contributed by atoms with Crippen LogP contribution in [-0.4, -0.2) is 35.6 Å². The second-order valence-electron chi connectivity index (χ2n) is 7.81. The van der Waals surface area contributed by atoms with Crippen LogP contribution in [0.15, 0.2) is 72.8 Å². The van der Waals surface area contributed by atoms with Gasteiger partial charge in [-0.05, 0) is 25.0 Å². The van der Waals surface area contributed by atoms with Crippen molar-refractivity contribution in [3.05, 3.63) is 78.4 Å². The zero-order valence-electron chi connectivity index (χ0n) is 17.4. The highest BCUT2D eigenvalue weighted by Crippen LogP contribution is 2.57. The highest BCUT2D eigenvalue weighted by atomic mass is 16.5. The fourth-order valence-corrected chi connectivity index (χ4v) is 5.05. The highest BCUT2D eigenvalue weighted by molar-refractivity contribution is 6.53. The monoisotopic (exact) mass is 417 g/mol. The molecule has 0 spiro atoms. The van der Waals surface area contributed by atoms with Gasteiger partial charge in [0.05, 0.1) is 6.61 Å². The quantitative estimate of drug-likeness (QED) is 0.245. The number of carbonyl (C=O) groups excluding carboxylic acids is 4. The summed E-state index contributed by atoms with van der Waals surface area (Å²) >= 11 is 0. The number of hydrogen-bond acceptors (Lipinski definition) is 5. The van der Waals surface area contributed by atoms with E-state index in [9.17, 15) is 19.2 Å². The van der Waals surface area contributed by atoms with Crippen molar-refractivity contribution in [2.45, 2.75) is 25.8 Å². The molecule has 6 heteroatoms. The molecular formula is C25H23NO5. The van der Waals surface area contributed by atoms with Crippen LogP contribution in [0.5, 0.6) is 0 Å². The third-order valence-corrected chi connectivity index (χ3v) is 6.33. The Bertz CT molecular complexity index is 1080. The molecule has 0 aromatic heterocycles. The number of rotatable bonds is 5. The minimum Gasteiger partial charge on any atom is -0.464 e. The lowest BCUT2D eigenvalue weighted by Crippen LogP contribution is -2.67.